The van der Waals surface area contributed by atoms with Gasteiger partial charge in [-0.1, -0.05) is 35.3 Å². The van der Waals surface area contributed by atoms with E-state index in [1.165, 1.54) is 7.11 Å². The van der Waals surface area contributed by atoms with Crippen LogP contribution >= 0.6 is 23.2 Å². The lowest BCUT2D eigenvalue weighted by atomic mass is 10.1. The molecule has 0 saturated carbocycles. The lowest BCUT2D eigenvalue weighted by molar-refractivity contribution is 0.252. The van der Waals surface area contributed by atoms with Crippen molar-refractivity contribution in [2.45, 2.75) is 13.3 Å². The Morgan fingerprint density at radius 1 is 1.22 bits per heavy atom. The zero-order chi connectivity index (χ0) is 16.8. The highest BCUT2D eigenvalue weighted by atomic mass is 35.5. The minimum absolute atomic E-state index is 0.299. The molecule has 0 aromatic heterocycles. The van der Waals surface area contributed by atoms with Crippen LogP contribution in [0.4, 0.5) is 10.5 Å². The number of carbonyl (C=O) groups excluding carboxylic acids is 1. The van der Waals surface area contributed by atoms with Gasteiger partial charge in [-0.15, -0.1) is 0 Å². The quantitative estimate of drug-likeness (QED) is 0.820. The molecule has 0 bridgehead atoms. The van der Waals surface area contributed by atoms with Gasteiger partial charge in [0, 0.05) is 22.7 Å². The molecule has 2 aromatic rings. The van der Waals surface area contributed by atoms with Crippen LogP contribution in [0, 0.1) is 6.92 Å². The SMILES string of the molecule is COc1cc(Cl)c(C)cc1NC(=O)NCCc1cccc(Cl)c1. The van der Waals surface area contributed by atoms with E-state index in [0.717, 1.165) is 11.1 Å². The first-order chi connectivity index (χ1) is 11.0. The van der Waals surface area contributed by atoms with Crippen LogP contribution in [0.25, 0.3) is 0 Å². The average molecular weight is 353 g/mol. The second-order valence-electron chi connectivity index (χ2n) is 5.06. The van der Waals surface area contributed by atoms with Crippen LogP contribution in [0.1, 0.15) is 11.1 Å². The summed E-state index contributed by atoms with van der Waals surface area (Å²) in [5.41, 5.74) is 2.51. The summed E-state index contributed by atoms with van der Waals surface area (Å²) >= 11 is 12.0. The predicted octanol–water partition coefficient (Wildman–Crippen LogP) is 4.67. The number of amides is 2. The van der Waals surface area contributed by atoms with Crippen molar-refractivity contribution in [3.8, 4) is 5.75 Å². The number of urea groups is 1. The van der Waals surface area contributed by atoms with E-state index < -0.39 is 0 Å². The molecule has 2 aromatic carbocycles. The fourth-order valence-electron chi connectivity index (χ4n) is 2.11. The van der Waals surface area contributed by atoms with Crippen molar-refractivity contribution in [1.82, 2.24) is 5.32 Å². The third-order valence-electron chi connectivity index (χ3n) is 3.32. The third kappa shape index (κ3) is 5.05. The molecule has 2 amide bonds. The van der Waals surface area contributed by atoms with Crippen LogP contribution in [-0.4, -0.2) is 19.7 Å². The molecule has 0 heterocycles. The van der Waals surface area contributed by atoms with Gasteiger partial charge in [0.2, 0.25) is 0 Å². The number of methoxy groups -OCH3 is 1. The summed E-state index contributed by atoms with van der Waals surface area (Å²) in [6, 6.07) is 10.7. The summed E-state index contributed by atoms with van der Waals surface area (Å²) in [6.45, 7) is 2.37. The monoisotopic (exact) mass is 352 g/mol. The Morgan fingerprint density at radius 3 is 2.70 bits per heavy atom. The maximum absolute atomic E-state index is 12.0. The summed E-state index contributed by atoms with van der Waals surface area (Å²) in [7, 11) is 1.53. The molecule has 2 rings (SSSR count). The van der Waals surface area contributed by atoms with E-state index in [1.807, 2.05) is 31.2 Å². The summed E-state index contributed by atoms with van der Waals surface area (Å²) in [5.74, 6) is 0.519. The van der Waals surface area contributed by atoms with Crippen molar-refractivity contribution in [1.29, 1.82) is 0 Å². The molecule has 122 valence electrons. The molecular formula is C17H18Cl2N2O2. The average Bonchev–Trinajstić information content (AvgIpc) is 2.50. The topological polar surface area (TPSA) is 50.4 Å². The Morgan fingerprint density at radius 2 is 2.00 bits per heavy atom. The van der Waals surface area contributed by atoms with E-state index in [9.17, 15) is 4.79 Å². The highest BCUT2D eigenvalue weighted by molar-refractivity contribution is 6.31. The largest absolute Gasteiger partial charge is 0.495 e. The lowest BCUT2D eigenvalue weighted by Gasteiger charge is -2.13. The number of benzene rings is 2. The minimum Gasteiger partial charge on any atom is -0.495 e. The van der Waals surface area contributed by atoms with Gasteiger partial charge in [-0.2, -0.15) is 0 Å². The van der Waals surface area contributed by atoms with E-state index in [-0.39, 0.29) is 6.03 Å². The number of aryl methyl sites for hydroxylation is 1. The molecule has 23 heavy (non-hydrogen) atoms. The first-order valence-corrected chi connectivity index (χ1v) is 7.88. The van der Waals surface area contributed by atoms with E-state index in [1.54, 1.807) is 12.1 Å². The summed E-state index contributed by atoms with van der Waals surface area (Å²) in [4.78, 5) is 12.0. The fourth-order valence-corrected chi connectivity index (χ4v) is 2.48. The zero-order valence-corrected chi connectivity index (χ0v) is 14.5. The van der Waals surface area contributed by atoms with Crippen molar-refractivity contribution in [2.24, 2.45) is 0 Å². The lowest BCUT2D eigenvalue weighted by Crippen LogP contribution is -2.30. The van der Waals surface area contributed by atoms with Crippen LogP contribution in [0.2, 0.25) is 10.0 Å². The van der Waals surface area contributed by atoms with E-state index in [4.69, 9.17) is 27.9 Å². The van der Waals surface area contributed by atoms with Gasteiger partial charge in [-0.3, -0.25) is 0 Å². The third-order valence-corrected chi connectivity index (χ3v) is 3.96. The Balaban J connectivity index is 1.91. The number of hydrogen-bond acceptors (Lipinski definition) is 2. The Kier molecular flexibility index (Phi) is 6.13. The number of nitrogens with one attached hydrogen (secondary N) is 2. The van der Waals surface area contributed by atoms with Gasteiger partial charge < -0.3 is 15.4 Å². The Labute approximate surface area is 145 Å². The summed E-state index contributed by atoms with van der Waals surface area (Å²) in [6.07, 6.45) is 0.699. The smallest absolute Gasteiger partial charge is 0.319 e. The van der Waals surface area contributed by atoms with Gasteiger partial charge >= 0.3 is 6.03 Å². The van der Waals surface area contributed by atoms with E-state index in [0.29, 0.717) is 34.4 Å². The maximum atomic E-state index is 12.0. The number of anilines is 1. The van der Waals surface area contributed by atoms with Crippen molar-refractivity contribution >= 4 is 34.9 Å². The number of carbonyl (C=O) groups is 1. The van der Waals surface area contributed by atoms with E-state index in [2.05, 4.69) is 10.6 Å². The first-order valence-electron chi connectivity index (χ1n) is 7.13. The van der Waals surface area contributed by atoms with Crippen molar-refractivity contribution in [2.75, 3.05) is 19.0 Å². The molecule has 6 heteroatoms. The fraction of sp³-hybridized carbons (Fsp3) is 0.235. The molecule has 0 spiro atoms. The molecule has 0 saturated heterocycles. The van der Waals surface area contributed by atoms with Crippen molar-refractivity contribution < 1.29 is 9.53 Å². The molecule has 0 atom stereocenters. The second kappa shape index (κ2) is 8.09. The van der Waals surface area contributed by atoms with Crippen molar-refractivity contribution in [3.63, 3.8) is 0 Å². The van der Waals surface area contributed by atoms with Crippen LogP contribution in [-0.2, 0) is 6.42 Å². The number of rotatable bonds is 5. The van der Waals surface area contributed by atoms with Crippen molar-refractivity contribution in [3.05, 3.63) is 57.6 Å². The second-order valence-corrected chi connectivity index (χ2v) is 5.91. The van der Waals surface area contributed by atoms with Gasteiger partial charge in [0.1, 0.15) is 5.75 Å². The van der Waals surface area contributed by atoms with Crippen LogP contribution in [0.5, 0.6) is 5.75 Å². The molecule has 0 fully saturated rings. The number of halogens is 2. The molecule has 0 radical (unpaired) electrons. The van der Waals surface area contributed by atoms with Gasteiger partial charge in [-0.25, -0.2) is 4.79 Å². The molecule has 0 aliphatic heterocycles. The summed E-state index contributed by atoms with van der Waals surface area (Å²) in [5, 5.41) is 6.85. The van der Waals surface area contributed by atoms with Crippen LogP contribution in [0.15, 0.2) is 36.4 Å². The molecule has 0 unspecified atom stereocenters. The van der Waals surface area contributed by atoms with Crippen LogP contribution < -0.4 is 15.4 Å². The molecule has 0 aliphatic rings. The first kappa shape index (κ1) is 17.4. The number of ether oxygens (including phenoxy) is 1. The standard InChI is InChI=1S/C17H18Cl2N2O2/c1-11-8-15(16(23-2)10-14(11)19)21-17(22)20-7-6-12-4-3-5-13(18)9-12/h3-5,8-10H,6-7H2,1-2H3,(H2,20,21,22). The summed E-state index contributed by atoms with van der Waals surface area (Å²) < 4.78 is 5.23. The van der Waals surface area contributed by atoms with Gasteiger partial charge in [0.25, 0.3) is 0 Å². The minimum atomic E-state index is -0.299. The molecule has 0 aliphatic carbocycles. The molecule has 4 nitrogen and oxygen atoms in total. The van der Waals surface area contributed by atoms with Gasteiger partial charge in [0.15, 0.2) is 0 Å². The highest BCUT2D eigenvalue weighted by Crippen LogP contribution is 2.30. The zero-order valence-electron chi connectivity index (χ0n) is 13.0. The normalized spacial score (nSPS) is 10.3. The maximum Gasteiger partial charge on any atom is 0.319 e. The molecule has 2 N–H and O–H groups in total. The predicted molar refractivity (Wildman–Crippen MR) is 94.9 cm³/mol. The van der Waals surface area contributed by atoms with Gasteiger partial charge in [-0.05, 0) is 42.7 Å². The Hall–Kier alpha value is -1.91. The van der Waals surface area contributed by atoms with Crippen LogP contribution in [0.3, 0.4) is 0 Å². The Bertz CT molecular complexity index is 705. The van der Waals surface area contributed by atoms with Gasteiger partial charge in [0.05, 0.1) is 12.8 Å². The highest BCUT2D eigenvalue weighted by Gasteiger charge is 2.10. The molecular weight excluding hydrogens is 335 g/mol. The number of hydrogen-bond donors (Lipinski definition) is 2. The van der Waals surface area contributed by atoms with E-state index >= 15 is 0 Å².